The highest BCUT2D eigenvalue weighted by atomic mass is 35.5. The molecule has 0 spiro atoms. The van der Waals surface area contributed by atoms with Gasteiger partial charge in [0.2, 0.25) is 0 Å². The summed E-state index contributed by atoms with van der Waals surface area (Å²) in [4.78, 5) is 0. The zero-order chi connectivity index (χ0) is 13.8. The summed E-state index contributed by atoms with van der Waals surface area (Å²) < 4.78 is 7.00. The van der Waals surface area contributed by atoms with Crippen LogP contribution < -0.4 is 4.74 Å². The number of ether oxygens (including phenoxy) is 1. The van der Waals surface area contributed by atoms with Crippen molar-refractivity contribution in [2.75, 3.05) is 7.11 Å². The SMILES string of the molecule is COc1cc(Cl)ccc1C(O)CCc1cnn(C)c1. The summed E-state index contributed by atoms with van der Waals surface area (Å²) in [6.45, 7) is 0. The van der Waals surface area contributed by atoms with Gasteiger partial charge >= 0.3 is 0 Å². The molecule has 5 heteroatoms. The van der Waals surface area contributed by atoms with E-state index in [0.29, 0.717) is 17.2 Å². The maximum Gasteiger partial charge on any atom is 0.126 e. The zero-order valence-corrected chi connectivity index (χ0v) is 11.8. The van der Waals surface area contributed by atoms with Crippen molar-refractivity contribution < 1.29 is 9.84 Å². The van der Waals surface area contributed by atoms with Gasteiger partial charge in [0.05, 0.1) is 19.4 Å². The van der Waals surface area contributed by atoms with Gasteiger partial charge in [-0.2, -0.15) is 5.10 Å². The Hall–Kier alpha value is -1.52. The van der Waals surface area contributed by atoms with E-state index < -0.39 is 6.10 Å². The minimum absolute atomic E-state index is 0.576. The Morgan fingerprint density at radius 1 is 1.47 bits per heavy atom. The number of methoxy groups -OCH3 is 1. The third kappa shape index (κ3) is 3.49. The van der Waals surface area contributed by atoms with Crippen LogP contribution >= 0.6 is 11.6 Å². The Bertz CT molecular complexity index is 554. The summed E-state index contributed by atoms with van der Waals surface area (Å²) in [6, 6.07) is 5.27. The van der Waals surface area contributed by atoms with Crippen LogP contribution in [0, 0.1) is 0 Å². The first-order valence-corrected chi connectivity index (χ1v) is 6.47. The van der Waals surface area contributed by atoms with E-state index in [1.807, 2.05) is 19.4 Å². The molecule has 1 atom stereocenters. The molecule has 0 saturated carbocycles. The number of aliphatic hydroxyl groups is 1. The molecule has 1 N–H and O–H groups in total. The standard InChI is InChI=1S/C14H17ClN2O2/c1-17-9-10(8-16-17)3-6-13(18)12-5-4-11(15)7-14(12)19-2/h4-5,7-9,13,18H,3,6H2,1-2H3. The van der Waals surface area contributed by atoms with Crippen molar-refractivity contribution in [2.24, 2.45) is 7.05 Å². The fourth-order valence-corrected chi connectivity index (χ4v) is 2.18. The molecule has 0 amide bonds. The second-order valence-corrected chi connectivity index (χ2v) is 4.90. The molecule has 0 fully saturated rings. The molecule has 1 aromatic carbocycles. The predicted molar refractivity (Wildman–Crippen MR) is 74.5 cm³/mol. The van der Waals surface area contributed by atoms with Crippen molar-refractivity contribution in [3.05, 3.63) is 46.7 Å². The fraction of sp³-hybridized carbons (Fsp3) is 0.357. The molecule has 0 aliphatic rings. The van der Waals surface area contributed by atoms with Gasteiger partial charge in [0, 0.05) is 23.8 Å². The summed E-state index contributed by atoms with van der Waals surface area (Å²) in [5.74, 6) is 0.617. The molecule has 4 nitrogen and oxygen atoms in total. The third-order valence-corrected chi connectivity index (χ3v) is 3.25. The first-order chi connectivity index (χ1) is 9.10. The van der Waals surface area contributed by atoms with E-state index in [1.54, 1.807) is 30.0 Å². The average molecular weight is 281 g/mol. The monoisotopic (exact) mass is 280 g/mol. The molecule has 1 unspecified atom stereocenters. The van der Waals surface area contributed by atoms with Crippen LogP contribution in [0.15, 0.2) is 30.6 Å². The van der Waals surface area contributed by atoms with Crippen molar-refractivity contribution in [1.82, 2.24) is 9.78 Å². The fourth-order valence-electron chi connectivity index (χ4n) is 2.02. The van der Waals surface area contributed by atoms with E-state index >= 15 is 0 Å². The highest BCUT2D eigenvalue weighted by molar-refractivity contribution is 6.30. The van der Waals surface area contributed by atoms with Gasteiger partial charge in [0.15, 0.2) is 0 Å². The summed E-state index contributed by atoms with van der Waals surface area (Å²) in [5.41, 5.74) is 1.87. The molecule has 0 bridgehead atoms. The number of nitrogens with zero attached hydrogens (tertiary/aromatic N) is 2. The van der Waals surface area contributed by atoms with Gasteiger partial charge in [-0.1, -0.05) is 17.7 Å². The van der Waals surface area contributed by atoms with Gasteiger partial charge in [-0.3, -0.25) is 4.68 Å². The zero-order valence-electron chi connectivity index (χ0n) is 11.0. The topological polar surface area (TPSA) is 47.3 Å². The molecule has 1 aromatic heterocycles. The van der Waals surface area contributed by atoms with Crippen molar-refractivity contribution in [2.45, 2.75) is 18.9 Å². The van der Waals surface area contributed by atoms with Crippen LogP contribution in [0.1, 0.15) is 23.7 Å². The number of aliphatic hydroxyl groups excluding tert-OH is 1. The number of aromatic nitrogens is 2. The first kappa shape index (κ1) is 13.9. The van der Waals surface area contributed by atoms with Gasteiger partial charge in [-0.25, -0.2) is 0 Å². The van der Waals surface area contributed by atoms with Crippen molar-refractivity contribution in [3.63, 3.8) is 0 Å². The highest BCUT2D eigenvalue weighted by Gasteiger charge is 2.14. The Balaban J connectivity index is 2.05. The van der Waals surface area contributed by atoms with Crippen LogP contribution in [0.25, 0.3) is 0 Å². The van der Waals surface area contributed by atoms with Crippen LogP contribution in [0.5, 0.6) is 5.75 Å². The molecule has 19 heavy (non-hydrogen) atoms. The minimum Gasteiger partial charge on any atom is -0.496 e. The van der Waals surface area contributed by atoms with E-state index in [2.05, 4.69) is 5.10 Å². The number of hydrogen-bond acceptors (Lipinski definition) is 3. The molecular formula is C14H17ClN2O2. The third-order valence-electron chi connectivity index (χ3n) is 3.02. The van der Waals surface area contributed by atoms with Crippen LogP contribution in [-0.2, 0) is 13.5 Å². The number of benzene rings is 1. The smallest absolute Gasteiger partial charge is 0.126 e. The lowest BCUT2D eigenvalue weighted by molar-refractivity contribution is 0.163. The number of hydrogen-bond donors (Lipinski definition) is 1. The Morgan fingerprint density at radius 3 is 2.89 bits per heavy atom. The maximum atomic E-state index is 10.2. The molecule has 2 rings (SSSR count). The minimum atomic E-state index is -0.576. The molecule has 1 heterocycles. The lowest BCUT2D eigenvalue weighted by Gasteiger charge is -2.14. The largest absolute Gasteiger partial charge is 0.496 e. The predicted octanol–water partition coefficient (Wildman–Crippen LogP) is 2.75. The summed E-state index contributed by atoms with van der Waals surface area (Å²) in [7, 11) is 3.45. The van der Waals surface area contributed by atoms with Crippen LogP contribution in [-0.4, -0.2) is 22.0 Å². The lowest BCUT2D eigenvalue weighted by atomic mass is 10.0. The first-order valence-electron chi connectivity index (χ1n) is 6.09. The normalized spacial score (nSPS) is 12.4. The maximum absolute atomic E-state index is 10.2. The Kier molecular flexibility index (Phi) is 4.45. The van der Waals surface area contributed by atoms with E-state index in [4.69, 9.17) is 16.3 Å². The Labute approximate surface area is 117 Å². The Morgan fingerprint density at radius 2 is 2.26 bits per heavy atom. The second-order valence-electron chi connectivity index (χ2n) is 4.46. The quantitative estimate of drug-likeness (QED) is 0.916. The summed E-state index contributed by atoms with van der Waals surface area (Å²) in [6.07, 6.45) is 4.56. The number of rotatable bonds is 5. The van der Waals surface area contributed by atoms with Gasteiger partial charge in [0.1, 0.15) is 5.75 Å². The van der Waals surface area contributed by atoms with Crippen molar-refractivity contribution >= 4 is 11.6 Å². The van der Waals surface area contributed by atoms with E-state index in [9.17, 15) is 5.11 Å². The molecular weight excluding hydrogens is 264 g/mol. The molecule has 102 valence electrons. The van der Waals surface area contributed by atoms with Crippen molar-refractivity contribution in [3.8, 4) is 5.75 Å². The lowest BCUT2D eigenvalue weighted by Crippen LogP contribution is -2.02. The highest BCUT2D eigenvalue weighted by Crippen LogP contribution is 2.30. The second kappa shape index (κ2) is 6.08. The molecule has 0 radical (unpaired) electrons. The van der Waals surface area contributed by atoms with E-state index in [1.165, 1.54) is 0 Å². The molecule has 0 aliphatic heterocycles. The molecule has 0 aliphatic carbocycles. The molecule has 0 saturated heterocycles. The van der Waals surface area contributed by atoms with Crippen LogP contribution in [0.2, 0.25) is 5.02 Å². The van der Waals surface area contributed by atoms with Crippen LogP contribution in [0.3, 0.4) is 0 Å². The van der Waals surface area contributed by atoms with Gasteiger partial charge in [-0.15, -0.1) is 0 Å². The molecule has 2 aromatic rings. The van der Waals surface area contributed by atoms with Gasteiger partial charge in [-0.05, 0) is 30.5 Å². The van der Waals surface area contributed by atoms with Gasteiger partial charge < -0.3 is 9.84 Å². The van der Waals surface area contributed by atoms with E-state index in [0.717, 1.165) is 17.5 Å². The number of halogens is 1. The van der Waals surface area contributed by atoms with Crippen LogP contribution in [0.4, 0.5) is 0 Å². The number of aryl methyl sites for hydroxylation is 2. The van der Waals surface area contributed by atoms with Crippen molar-refractivity contribution in [1.29, 1.82) is 0 Å². The van der Waals surface area contributed by atoms with Gasteiger partial charge in [0.25, 0.3) is 0 Å². The summed E-state index contributed by atoms with van der Waals surface area (Å²) in [5, 5.41) is 14.9. The van der Waals surface area contributed by atoms with E-state index in [-0.39, 0.29) is 0 Å². The average Bonchev–Trinajstić information content (AvgIpc) is 2.81. The summed E-state index contributed by atoms with van der Waals surface area (Å²) >= 11 is 5.90.